The lowest BCUT2D eigenvalue weighted by molar-refractivity contribution is -0.139. The Labute approximate surface area is 637 Å². The molecule has 10 atom stereocenters. The highest BCUT2D eigenvalue weighted by Gasteiger charge is 2.41. The van der Waals surface area contributed by atoms with Crippen molar-refractivity contribution in [2.75, 3.05) is 37.7 Å². The number of carboxylic acids is 1. The zero-order valence-corrected chi connectivity index (χ0v) is 62.0. The van der Waals surface area contributed by atoms with Crippen LogP contribution in [0.1, 0.15) is 107 Å². The number of amides is 13. The van der Waals surface area contributed by atoms with E-state index in [-0.39, 0.29) is 96.4 Å². The molecular weight excluding hydrogens is 1490 g/mol. The fourth-order valence-electron chi connectivity index (χ4n) is 12.6. The standard InChI is InChI=1S/C69H91Cl2FN18O16S2/c70-42-9-3-8-37(57(42)71)29-48-64(102)82-44(10-4-25-79-69(76)77)60(98)78-26-23-54(93)81-45(18-20-53(74)92)61(99)84-49(30-38-32-80-43-17-14-39(72)31-41(38)43)65(103)83-46(19-21-56(95)96)62(100)87-50(59(75)97)33-107-108-34-51(66(104)89-58(68(106)86-48)36-6-1-2-7-36)88-63(101)47(28-35-12-15-40(91)16-13-35)85-67(105)52-11-5-27-90(52)55(94)22-24-73/h3,8-9,12-17,31-32,36,44-52,58,80,91H,1-2,4-7,10-11,18-30,33-34,73H2,(H2,74,92)(H2,75,97)(H,78,98)(H,81,93)(H,82,102)(H,83,103)(H,84,99)(H,85,105)(H,86,106)(H,87,100)(H,88,101)(H,89,104)(H,95,96)(H4,76,77,79)/t44-,45+,46-,47-,48-,49-,50-,51-,52-,58-/m0/s1. The van der Waals surface area contributed by atoms with E-state index in [1.54, 1.807) is 0 Å². The van der Waals surface area contributed by atoms with Crippen molar-refractivity contribution in [3.05, 3.63) is 99.4 Å². The fourth-order valence-corrected chi connectivity index (χ4v) is 15.3. The fraction of sp³-hybridized carbons (Fsp3) is 0.493. The van der Waals surface area contributed by atoms with Gasteiger partial charge < -0.3 is 102 Å². The molecule has 0 bridgehead atoms. The van der Waals surface area contributed by atoms with Crippen LogP contribution in [0, 0.1) is 11.7 Å². The van der Waals surface area contributed by atoms with Gasteiger partial charge in [-0.25, -0.2) is 4.39 Å². The molecule has 0 radical (unpaired) electrons. The molecule has 34 nitrogen and oxygen atoms in total. The van der Waals surface area contributed by atoms with Gasteiger partial charge in [-0.2, -0.15) is 0 Å². The minimum atomic E-state index is -1.81. The number of hydrogen-bond acceptors (Lipinski definition) is 19. The van der Waals surface area contributed by atoms with Gasteiger partial charge in [0, 0.05) is 99.7 Å². The van der Waals surface area contributed by atoms with Gasteiger partial charge in [0.05, 0.1) is 10.0 Å². The molecule has 2 saturated heterocycles. The van der Waals surface area contributed by atoms with Crippen LogP contribution in [0.25, 0.3) is 10.9 Å². The predicted octanol–water partition coefficient (Wildman–Crippen LogP) is -1.19. The van der Waals surface area contributed by atoms with Crippen LogP contribution in [0.15, 0.2) is 71.9 Å². The lowest BCUT2D eigenvalue weighted by Crippen LogP contribution is -2.61. The minimum Gasteiger partial charge on any atom is -0.508 e. The number of carboxylic acid groups (broad SMARTS) is 1. The van der Waals surface area contributed by atoms with E-state index in [9.17, 15) is 62.5 Å². The molecule has 2 aliphatic heterocycles. The van der Waals surface area contributed by atoms with Crippen LogP contribution in [0.4, 0.5) is 4.39 Å². The molecule has 13 amide bonds. The first-order chi connectivity index (χ1) is 51.5. The summed E-state index contributed by atoms with van der Waals surface area (Å²) in [4.78, 5) is 206. The summed E-state index contributed by atoms with van der Waals surface area (Å²) in [5.41, 5.74) is 29.6. The Bertz CT molecular complexity index is 3960. The Morgan fingerprint density at radius 1 is 0.685 bits per heavy atom. The van der Waals surface area contributed by atoms with Gasteiger partial charge in [-0.15, -0.1) is 0 Å². The Morgan fingerprint density at radius 3 is 1.98 bits per heavy atom. The molecule has 3 fully saturated rings. The van der Waals surface area contributed by atoms with E-state index < -0.39 is 211 Å². The number of guanidine groups is 1. The highest BCUT2D eigenvalue weighted by atomic mass is 35.5. The number of hydrogen-bond donors (Lipinski definition) is 18. The van der Waals surface area contributed by atoms with Gasteiger partial charge >= 0.3 is 5.97 Å². The van der Waals surface area contributed by atoms with Gasteiger partial charge in [0.15, 0.2) is 5.96 Å². The van der Waals surface area contributed by atoms with E-state index in [0.29, 0.717) is 43.2 Å². The number of nitrogens with two attached hydrogens (primary N) is 5. The summed E-state index contributed by atoms with van der Waals surface area (Å²) in [5, 5.41) is 46.5. The Balaban J connectivity index is 1.29. The SMILES string of the molecule is NCCC(=O)N1CCC[C@H]1C(=O)N[C@@H](Cc1ccc(O)cc1)C(=O)N[C@H]1CSSC[C@@H](C(N)=O)NC(=O)[C@H](CCC(=O)O)NC(=O)[C@H](Cc2c[nH]c3ccc(F)cc23)NC(=O)[C@@H](CCC(N)=O)NC(=O)CCNC(=O)[C@H](CCCN=C(N)N)NC(=O)[C@H](Cc2cccc(Cl)c2Cl)NC(=O)[C@H](C2CCCC2)NC1=O. The topological polar surface area (TPSA) is 561 Å². The molecule has 108 heavy (non-hydrogen) atoms. The van der Waals surface area contributed by atoms with Gasteiger partial charge in [0.2, 0.25) is 76.8 Å². The smallest absolute Gasteiger partial charge is 0.303 e. The molecule has 0 unspecified atom stereocenters. The first-order valence-electron chi connectivity index (χ1n) is 35.0. The van der Waals surface area contributed by atoms with Crippen LogP contribution in [0.5, 0.6) is 5.75 Å². The van der Waals surface area contributed by atoms with Gasteiger partial charge in [-0.1, -0.05) is 81.9 Å². The predicted molar refractivity (Wildman–Crippen MR) is 399 cm³/mol. The summed E-state index contributed by atoms with van der Waals surface area (Å²) in [6.07, 6.45) is -0.169. The number of likely N-dealkylation sites (tertiary alicyclic amines) is 1. The molecule has 1 saturated carbocycles. The maximum atomic E-state index is 15.3. The third-order valence-corrected chi connectivity index (χ3v) is 21.5. The molecule has 7 rings (SSSR count). The van der Waals surface area contributed by atoms with Crippen LogP contribution in [0.3, 0.4) is 0 Å². The molecule has 4 aromatic rings. The lowest BCUT2D eigenvalue weighted by atomic mass is 9.95. The number of carbonyl (C=O) groups excluding carboxylic acids is 13. The van der Waals surface area contributed by atoms with E-state index in [0.717, 1.165) is 33.7 Å². The van der Waals surface area contributed by atoms with Crippen molar-refractivity contribution in [3.8, 4) is 5.75 Å². The summed E-state index contributed by atoms with van der Waals surface area (Å²) in [5.74, 6) is -16.1. The second-order valence-corrected chi connectivity index (χ2v) is 29.6. The second-order valence-electron chi connectivity index (χ2n) is 26.3. The number of fused-ring (bicyclic) bond motifs is 1. The number of nitrogens with one attached hydrogen (secondary N) is 11. The number of aromatic amines is 1. The number of H-pyrrole nitrogens is 1. The van der Waals surface area contributed by atoms with E-state index in [1.807, 2.05) is 0 Å². The van der Waals surface area contributed by atoms with Crippen molar-refractivity contribution in [2.24, 2.45) is 39.6 Å². The average molecular weight is 1580 g/mol. The number of aliphatic carboxylic acids is 1. The number of rotatable bonds is 24. The Kier molecular flexibility index (Phi) is 33.1. The number of aliphatic imine (C=N–C) groups is 1. The van der Waals surface area contributed by atoms with Crippen LogP contribution < -0.4 is 81.8 Å². The van der Waals surface area contributed by atoms with E-state index in [2.05, 4.69) is 63.1 Å². The zero-order valence-electron chi connectivity index (χ0n) is 58.8. The largest absolute Gasteiger partial charge is 0.508 e. The highest BCUT2D eigenvalue weighted by Crippen LogP contribution is 2.31. The summed E-state index contributed by atoms with van der Waals surface area (Å²) in [7, 11) is 1.68. The average Bonchev–Trinajstić information content (AvgIpc) is 1.72. The number of primary amides is 2. The highest BCUT2D eigenvalue weighted by molar-refractivity contribution is 8.76. The first kappa shape index (κ1) is 85.3. The van der Waals surface area contributed by atoms with E-state index in [4.69, 9.17) is 51.9 Å². The molecule has 39 heteroatoms. The maximum absolute atomic E-state index is 15.3. The quantitative estimate of drug-likeness (QED) is 0.0170. The van der Waals surface area contributed by atoms with Crippen molar-refractivity contribution in [3.63, 3.8) is 0 Å². The minimum absolute atomic E-state index is 0.00105. The van der Waals surface area contributed by atoms with Gasteiger partial charge in [-0.05, 0) is 110 Å². The van der Waals surface area contributed by atoms with Crippen molar-refractivity contribution >= 4 is 144 Å². The summed E-state index contributed by atoms with van der Waals surface area (Å²) >= 11 is 13.2. The molecule has 23 N–H and O–H groups in total. The van der Waals surface area contributed by atoms with Crippen molar-refractivity contribution in [1.29, 1.82) is 0 Å². The molecule has 586 valence electrons. The van der Waals surface area contributed by atoms with E-state index >= 15 is 19.2 Å². The second kappa shape index (κ2) is 42.0. The summed E-state index contributed by atoms with van der Waals surface area (Å²) in [6, 6.07) is -1.66. The molecule has 3 heterocycles. The number of phenols is 1. The summed E-state index contributed by atoms with van der Waals surface area (Å²) < 4.78 is 14.8. The van der Waals surface area contributed by atoms with Crippen molar-refractivity contribution in [1.82, 2.24) is 63.1 Å². The van der Waals surface area contributed by atoms with Crippen LogP contribution in [-0.2, 0) is 86.4 Å². The number of halogens is 3. The van der Waals surface area contributed by atoms with Crippen LogP contribution in [0.2, 0.25) is 10.0 Å². The molecule has 3 aliphatic rings. The van der Waals surface area contributed by atoms with Crippen LogP contribution >= 0.6 is 44.8 Å². The number of benzene rings is 3. The number of phenolic OH excluding ortho intramolecular Hbond substituents is 1. The maximum Gasteiger partial charge on any atom is 0.303 e. The Morgan fingerprint density at radius 2 is 1.31 bits per heavy atom. The number of carbonyl (C=O) groups is 14. The molecular formula is C69H91Cl2FN18O16S2. The Hall–Kier alpha value is -9.98. The number of aromatic nitrogens is 1. The van der Waals surface area contributed by atoms with Gasteiger partial charge in [-0.3, -0.25) is 72.1 Å². The molecule has 0 spiro atoms. The third-order valence-electron chi connectivity index (χ3n) is 18.3. The third kappa shape index (κ3) is 26.2. The first-order valence-corrected chi connectivity index (χ1v) is 38.3. The lowest BCUT2D eigenvalue weighted by Gasteiger charge is -2.30. The van der Waals surface area contributed by atoms with E-state index in [1.165, 1.54) is 59.6 Å². The molecule has 1 aliphatic carbocycles. The molecule has 3 aromatic carbocycles. The van der Waals surface area contributed by atoms with Crippen molar-refractivity contribution in [2.45, 2.75) is 170 Å². The van der Waals surface area contributed by atoms with Crippen LogP contribution in [-0.4, -0.2) is 207 Å². The van der Waals surface area contributed by atoms with Gasteiger partial charge in [0.25, 0.3) is 0 Å². The van der Waals surface area contributed by atoms with Crippen molar-refractivity contribution < 1.29 is 81.7 Å². The summed E-state index contributed by atoms with van der Waals surface area (Å²) in [6.45, 7) is -0.287. The zero-order chi connectivity index (χ0) is 78.7. The number of aromatic hydroxyl groups is 1. The normalized spacial score (nSPS) is 22.7. The number of nitrogens with zero attached hydrogens (tertiary/aromatic N) is 2. The monoisotopic (exact) mass is 1580 g/mol. The molecule has 1 aromatic heterocycles. The van der Waals surface area contributed by atoms with Gasteiger partial charge in [0.1, 0.15) is 72.0 Å².